The van der Waals surface area contributed by atoms with Crippen LogP contribution in [-0.4, -0.2) is 98.8 Å². The van der Waals surface area contributed by atoms with E-state index in [1.807, 2.05) is 42.6 Å². The highest BCUT2D eigenvalue weighted by molar-refractivity contribution is 7.98. The van der Waals surface area contributed by atoms with E-state index >= 15 is 4.39 Å². The van der Waals surface area contributed by atoms with Gasteiger partial charge in [-0.15, -0.1) is 11.8 Å². The number of nitriles is 1. The summed E-state index contributed by atoms with van der Waals surface area (Å²) in [4.78, 5) is 29.5. The maximum atomic E-state index is 16.5. The van der Waals surface area contributed by atoms with Crippen molar-refractivity contribution in [3.63, 3.8) is 0 Å². The van der Waals surface area contributed by atoms with Crippen LogP contribution in [0.3, 0.4) is 0 Å². The minimum atomic E-state index is -0.536. The molecule has 0 saturated carbocycles. The second-order valence-corrected chi connectivity index (χ2v) is 12.6. The summed E-state index contributed by atoms with van der Waals surface area (Å²) in [5.74, 6) is -0.289. The molecule has 0 aliphatic carbocycles. The van der Waals surface area contributed by atoms with Crippen LogP contribution in [0.25, 0.3) is 28.2 Å². The Morgan fingerprint density at radius 1 is 1.13 bits per heavy atom. The number of aromatic nitrogens is 4. The molecule has 234 valence electrons. The number of rotatable bonds is 8. The van der Waals surface area contributed by atoms with Crippen molar-refractivity contribution in [2.75, 3.05) is 57.9 Å². The third-order valence-electron chi connectivity index (χ3n) is 8.63. The van der Waals surface area contributed by atoms with Crippen LogP contribution in [0, 0.1) is 17.1 Å². The fourth-order valence-corrected chi connectivity index (χ4v) is 6.82. The molecular formula is C33H38FN9OS. The Morgan fingerprint density at radius 2 is 2.02 bits per heavy atom. The fourth-order valence-electron chi connectivity index (χ4n) is 6.18. The van der Waals surface area contributed by atoms with Gasteiger partial charge in [-0.3, -0.25) is 9.69 Å². The first-order valence-electron chi connectivity index (χ1n) is 15.4. The van der Waals surface area contributed by atoms with Gasteiger partial charge in [-0.25, -0.2) is 18.9 Å². The molecule has 2 fully saturated rings. The molecular weight excluding hydrogens is 589 g/mol. The molecule has 2 aliphatic rings. The second kappa shape index (κ2) is 13.9. The molecule has 10 nitrogen and oxygen atoms in total. The summed E-state index contributed by atoms with van der Waals surface area (Å²) >= 11 is 1.66. The monoisotopic (exact) mass is 627 g/mol. The lowest BCUT2D eigenvalue weighted by Crippen LogP contribution is -2.45. The molecule has 45 heavy (non-hydrogen) atoms. The summed E-state index contributed by atoms with van der Waals surface area (Å²) in [7, 11) is 2.17. The number of amides is 1. The van der Waals surface area contributed by atoms with Crippen molar-refractivity contribution in [3.05, 3.63) is 60.2 Å². The number of benzene rings is 1. The first-order valence-corrected chi connectivity index (χ1v) is 16.7. The molecule has 1 aromatic carbocycles. The SMILES string of the molecule is CSc1cc(-c2nc(-c3cnn4ccccc34)nc(N[C@@H]3CCCN(C(=O)CC#N)C3)c2F)ccc1CN1CCCN(C)CC1. The van der Waals surface area contributed by atoms with E-state index in [4.69, 9.17) is 10.2 Å². The van der Waals surface area contributed by atoms with E-state index in [1.165, 1.54) is 5.56 Å². The van der Waals surface area contributed by atoms with E-state index in [0.717, 1.165) is 62.4 Å². The van der Waals surface area contributed by atoms with E-state index in [9.17, 15) is 4.79 Å². The lowest BCUT2D eigenvalue weighted by Gasteiger charge is -2.33. The number of piperidine rings is 1. The van der Waals surface area contributed by atoms with E-state index < -0.39 is 5.82 Å². The lowest BCUT2D eigenvalue weighted by molar-refractivity contribution is -0.131. The predicted molar refractivity (Wildman–Crippen MR) is 174 cm³/mol. The van der Waals surface area contributed by atoms with Gasteiger partial charge >= 0.3 is 0 Å². The van der Waals surface area contributed by atoms with Crippen LogP contribution in [0.15, 0.2) is 53.7 Å². The number of hydrogen-bond acceptors (Lipinski definition) is 9. The number of hydrogen-bond donors (Lipinski definition) is 1. The number of likely N-dealkylation sites (N-methyl/N-ethyl adjacent to an activating group) is 1. The van der Waals surface area contributed by atoms with E-state index in [1.54, 1.807) is 27.4 Å². The Hall–Kier alpha value is -4.05. The Labute approximate surface area is 267 Å². The predicted octanol–water partition coefficient (Wildman–Crippen LogP) is 4.77. The Kier molecular flexibility index (Phi) is 9.59. The third kappa shape index (κ3) is 6.96. The van der Waals surface area contributed by atoms with Crippen LogP contribution in [0.2, 0.25) is 0 Å². The van der Waals surface area contributed by atoms with Gasteiger partial charge in [0.2, 0.25) is 5.91 Å². The van der Waals surface area contributed by atoms with Crippen LogP contribution in [0.5, 0.6) is 0 Å². The summed E-state index contributed by atoms with van der Waals surface area (Å²) in [6, 6.07) is 13.6. The van der Waals surface area contributed by atoms with Crippen LogP contribution in [0.1, 0.15) is 31.2 Å². The molecule has 2 saturated heterocycles. The van der Waals surface area contributed by atoms with E-state index in [0.29, 0.717) is 30.0 Å². The summed E-state index contributed by atoms with van der Waals surface area (Å²) in [6.45, 7) is 6.04. The quantitative estimate of drug-likeness (QED) is 0.277. The summed E-state index contributed by atoms with van der Waals surface area (Å²) in [5, 5.41) is 16.8. The minimum absolute atomic E-state index is 0.0910. The highest BCUT2D eigenvalue weighted by atomic mass is 32.2. The first kappa shape index (κ1) is 31.0. The number of nitrogens with zero attached hydrogens (tertiary/aromatic N) is 8. The Bertz CT molecular complexity index is 1720. The van der Waals surface area contributed by atoms with E-state index in [-0.39, 0.29) is 29.9 Å². The van der Waals surface area contributed by atoms with Crippen molar-refractivity contribution >= 4 is 29.0 Å². The maximum Gasteiger partial charge on any atom is 0.236 e. The average molecular weight is 628 g/mol. The van der Waals surface area contributed by atoms with Crippen molar-refractivity contribution in [2.45, 2.75) is 43.2 Å². The number of anilines is 1. The van der Waals surface area contributed by atoms with Gasteiger partial charge in [0.25, 0.3) is 0 Å². The zero-order chi connectivity index (χ0) is 31.3. The van der Waals surface area contributed by atoms with Crippen LogP contribution >= 0.6 is 11.8 Å². The van der Waals surface area contributed by atoms with Gasteiger partial charge in [0.15, 0.2) is 17.5 Å². The van der Waals surface area contributed by atoms with Crippen LogP contribution in [0.4, 0.5) is 10.2 Å². The maximum absolute atomic E-state index is 16.5. The number of carbonyl (C=O) groups excluding carboxylic acids is 1. The minimum Gasteiger partial charge on any atom is -0.363 e. The molecule has 0 unspecified atom stereocenters. The lowest BCUT2D eigenvalue weighted by atomic mass is 10.0. The van der Waals surface area contributed by atoms with Crippen molar-refractivity contribution in [1.82, 2.24) is 34.3 Å². The molecule has 1 amide bonds. The number of pyridine rings is 1. The molecule has 12 heteroatoms. The van der Waals surface area contributed by atoms with Gasteiger partial charge in [-0.1, -0.05) is 18.2 Å². The topological polar surface area (TPSA) is 106 Å². The molecule has 1 atom stereocenters. The van der Waals surface area contributed by atoms with Crippen LogP contribution < -0.4 is 5.32 Å². The summed E-state index contributed by atoms with van der Waals surface area (Å²) < 4.78 is 18.2. The number of carbonyl (C=O) groups is 1. The van der Waals surface area contributed by atoms with Crippen LogP contribution in [-0.2, 0) is 11.3 Å². The molecule has 1 N–H and O–H groups in total. The Balaban J connectivity index is 1.36. The number of likely N-dealkylation sites (tertiary alicyclic amines) is 1. The molecule has 0 bridgehead atoms. The Morgan fingerprint density at radius 3 is 2.87 bits per heavy atom. The number of halogens is 1. The largest absolute Gasteiger partial charge is 0.363 e. The van der Waals surface area contributed by atoms with Crippen molar-refractivity contribution in [1.29, 1.82) is 5.26 Å². The average Bonchev–Trinajstić information content (AvgIpc) is 3.38. The number of fused-ring (bicyclic) bond motifs is 1. The van der Waals surface area contributed by atoms with Crippen molar-refractivity contribution < 1.29 is 9.18 Å². The smallest absolute Gasteiger partial charge is 0.236 e. The standard InChI is InChI=1S/C33H38FN9OS/c1-40-13-6-14-41(18-17-40)21-24-10-9-23(19-28(24)45-2)31-30(34)33(37-25-7-5-15-42(22-25)29(44)11-12-35)39-32(38-31)26-20-36-43-16-4-3-8-27(26)43/h3-4,8-10,16,19-20,25H,5-7,11,13-15,17-18,21-22H2,1-2H3,(H,37,38,39)/t25-/m1/s1. The molecule has 0 spiro atoms. The molecule has 4 aromatic rings. The van der Waals surface area contributed by atoms with Gasteiger partial charge in [0.05, 0.1) is 23.3 Å². The van der Waals surface area contributed by atoms with Gasteiger partial charge in [0, 0.05) is 55.4 Å². The molecule has 3 aromatic heterocycles. The van der Waals surface area contributed by atoms with E-state index in [2.05, 4.69) is 44.6 Å². The third-order valence-corrected chi connectivity index (χ3v) is 9.45. The molecule has 0 radical (unpaired) electrons. The van der Waals surface area contributed by atoms with Gasteiger partial charge in [0.1, 0.15) is 12.1 Å². The highest BCUT2D eigenvalue weighted by Gasteiger charge is 2.27. The zero-order valence-electron chi connectivity index (χ0n) is 25.7. The molecule has 5 heterocycles. The first-order chi connectivity index (χ1) is 21.9. The second-order valence-electron chi connectivity index (χ2n) is 11.8. The number of thioether (sulfide) groups is 1. The highest BCUT2D eigenvalue weighted by Crippen LogP contribution is 2.34. The molecule has 2 aliphatic heterocycles. The van der Waals surface area contributed by atoms with Gasteiger partial charge in [-0.05, 0) is 69.4 Å². The summed E-state index contributed by atoms with van der Waals surface area (Å²) in [5.41, 5.74) is 3.62. The van der Waals surface area contributed by atoms with Crippen molar-refractivity contribution in [3.8, 4) is 28.7 Å². The fraction of sp³-hybridized carbons (Fsp3) is 0.424. The van der Waals surface area contributed by atoms with Gasteiger partial charge < -0.3 is 15.1 Å². The van der Waals surface area contributed by atoms with Gasteiger partial charge in [-0.2, -0.15) is 10.4 Å². The summed E-state index contributed by atoms with van der Waals surface area (Å²) in [6.07, 6.45) is 8.08. The molecule has 6 rings (SSSR count). The zero-order valence-corrected chi connectivity index (χ0v) is 26.6. The number of nitrogens with one attached hydrogen (secondary N) is 1. The van der Waals surface area contributed by atoms with Crippen molar-refractivity contribution in [2.24, 2.45) is 0 Å². The normalized spacial score (nSPS) is 18.1.